The first kappa shape index (κ1) is 20.3. The average Bonchev–Trinajstić information content (AvgIpc) is 2.69. The number of ether oxygens (including phenoxy) is 1. The number of hydrogen-bond acceptors (Lipinski definition) is 5. The van der Waals surface area contributed by atoms with Crippen LogP contribution in [0.4, 0.5) is 5.69 Å². The molecule has 0 radical (unpaired) electrons. The van der Waals surface area contributed by atoms with Crippen LogP contribution in [-0.2, 0) is 0 Å². The number of piperidine rings is 1. The normalized spacial score (nSPS) is 17.4. The van der Waals surface area contributed by atoms with Crippen molar-refractivity contribution < 1.29 is 19.2 Å². The van der Waals surface area contributed by atoms with E-state index in [0.717, 1.165) is 11.1 Å². The van der Waals surface area contributed by atoms with Crippen LogP contribution in [0.1, 0.15) is 51.1 Å². The number of amides is 1. The average molecular weight is 429 g/mol. The highest BCUT2D eigenvalue weighted by Gasteiger charge is 2.44. The number of rotatable bonds is 2. The van der Waals surface area contributed by atoms with Crippen LogP contribution in [0, 0.1) is 24.0 Å². The number of nitro groups is 1. The molecule has 2 aromatic carbocycles. The smallest absolute Gasteiger partial charge is 0.283 e. The van der Waals surface area contributed by atoms with Crippen molar-refractivity contribution in [1.82, 2.24) is 4.90 Å². The molecule has 2 aromatic rings. The highest BCUT2D eigenvalue weighted by Crippen LogP contribution is 2.40. The summed E-state index contributed by atoms with van der Waals surface area (Å²) in [7, 11) is 0. The number of aryl methyl sites for hydroxylation is 2. The molecule has 0 saturated carbocycles. The molecule has 0 N–H and O–H groups in total. The molecule has 2 heterocycles. The third-order valence-electron chi connectivity index (χ3n) is 6.05. The van der Waals surface area contributed by atoms with Crippen LogP contribution in [0.5, 0.6) is 5.75 Å². The van der Waals surface area contributed by atoms with E-state index >= 15 is 0 Å². The number of hydrogen-bond donors (Lipinski definition) is 0. The first-order valence-electron chi connectivity index (χ1n) is 9.76. The van der Waals surface area contributed by atoms with E-state index in [-0.39, 0.29) is 28.5 Å². The van der Waals surface area contributed by atoms with E-state index < -0.39 is 16.4 Å². The maximum atomic E-state index is 12.9. The largest absolute Gasteiger partial charge is 0.486 e. The zero-order valence-electron chi connectivity index (χ0n) is 16.7. The van der Waals surface area contributed by atoms with Crippen molar-refractivity contribution >= 4 is 29.0 Å². The molecule has 1 saturated heterocycles. The van der Waals surface area contributed by atoms with Gasteiger partial charge in [-0.15, -0.1) is 0 Å². The number of benzene rings is 2. The van der Waals surface area contributed by atoms with E-state index in [1.165, 1.54) is 18.2 Å². The number of carbonyl (C=O) groups is 2. The van der Waals surface area contributed by atoms with Crippen LogP contribution in [0.3, 0.4) is 0 Å². The van der Waals surface area contributed by atoms with Crippen LogP contribution < -0.4 is 4.74 Å². The Kier molecular flexibility index (Phi) is 5.02. The van der Waals surface area contributed by atoms with Crippen LogP contribution >= 0.6 is 11.6 Å². The van der Waals surface area contributed by atoms with Crippen molar-refractivity contribution in [3.8, 4) is 5.75 Å². The Morgan fingerprint density at radius 3 is 2.50 bits per heavy atom. The Labute approximate surface area is 178 Å². The zero-order chi connectivity index (χ0) is 21.6. The molecule has 0 unspecified atom stereocenters. The molecule has 0 bridgehead atoms. The SMILES string of the molecule is Cc1cc2c(cc1C)C(=O)CC1(CCN(C(=O)c3ccc(Cl)cc3[N+](=O)[O-])CC1)O2. The quantitative estimate of drug-likeness (QED) is 0.518. The summed E-state index contributed by atoms with van der Waals surface area (Å²) in [6, 6.07) is 7.81. The fourth-order valence-electron chi connectivity index (χ4n) is 4.15. The first-order valence-corrected chi connectivity index (χ1v) is 10.1. The second kappa shape index (κ2) is 7.40. The second-order valence-corrected chi connectivity index (χ2v) is 8.46. The van der Waals surface area contributed by atoms with Crippen molar-refractivity contribution in [2.24, 2.45) is 0 Å². The Morgan fingerprint density at radius 1 is 1.17 bits per heavy atom. The van der Waals surface area contributed by atoms with Gasteiger partial charge in [0.1, 0.15) is 16.9 Å². The summed E-state index contributed by atoms with van der Waals surface area (Å²) in [5, 5.41) is 11.5. The van der Waals surface area contributed by atoms with E-state index in [2.05, 4.69) is 0 Å². The van der Waals surface area contributed by atoms with Gasteiger partial charge >= 0.3 is 0 Å². The molecule has 1 fully saturated rings. The molecule has 8 heteroatoms. The molecule has 1 amide bonds. The Morgan fingerprint density at radius 2 is 1.83 bits per heavy atom. The Hall–Kier alpha value is -2.93. The molecule has 2 aliphatic rings. The summed E-state index contributed by atoms with van der Waals surface area (Å²) >= 11 is 5.85. The molecule has 4 rings (SSSR count). The second-order valence-electron chi connectivity index (χ2n) is 8.03. The summed E-state index contributed by atoms with van der Waals surface area (Å²) in [5.41, 5.74) is 1.77. The number of Topliss-reactive ketones (excluding diaryl/α,β-unsaturated/α-hetero) is 1. The van der Waals surface area contributed by atoms with Gasteiger partial charge in [-0.25, -0.2) is 0 Å². The van der Waals surface area contributed by atoms with Gasteiger partial charge in [-0.2, -0.15) is 0 Å². The maximum absolute atomic E-state index is 12.9. The van der Waals surface area contributed by atoms with Crippen molar-refractivity contribution in [2.45, 2.75) is 38.7 Å². The summed E-state index contributed by atoms with van der Waals surface area (Å²) in [6.07, 6.45) is 1.24. The summed E-state index contributed by atoms with van der Waals surface area (Å²) in [4.78, 5) is 38.0. The van der Waals surface area contributed by atoms with Gasteiger partial charge in [0, 0.05) is 37.0 Å². The highest BCUT2D eigenvalue weighted by atomic mass is 35.5. The fourth-order valence-corrected chi connectivity index (χ4v) is 4.32. The van der Waals surface area contributed by atoms with Gasteiger partial charge in [0.25, 0.3) is 11.6 Å². The van der Waals surface area contributed by atoms with Gasteiger partial charge in [-0.1, -0.05) is 11.6 Å². The van der Waals surface area contributed by atoms with Crippen molar-refractivity contribution in [2.75, 3.05) is 13.1 Å². The van der Waals surface area contributed by atoms with Gasteiger partial charge in [0.2, 0.25) is 0 Å². The van der Waals surface area contributed by atoms with Crippen molar-refractivity contribution in [1.29, 1.82) is 0 Å². The molecule has 2 aliphatic heterocycles. The number of nitro benzene ring substituents is 1. The molecular formula is C22H21ClN2O5. The van der Waals surface area contributed by atoms with Crippen molar-refractivity contribution in [3.63, 3.8) is 0 Å². The lowest BCUT2D eigenvalue weighted by Gasteiger charge is -2.44. The minimum absolute atomic E-state index is 0.0115. The van der Waals surface area contributed by atoms with Gasteiger partial charge in [0.15, 0.2) is 5.78 Å². The molecule has 0 aliphatic carbocycles. The fraction of sp³-hybridized carbons (Fsp3) is 0.364. The Balaban J connectivity index is 1.53. The predicted molar refractivity (Wildman–Crippen MR) is 111 cm³/mol. The number of likely N-dealkylation sites (tertiary alicyclic amines) is 1. The van der Waals surface area contributed by atoms with Crippen LogP contribution in [0.2, 0.25) is 5.02 Å². The van der Waals surface area contributed by atoms with Crippen LogP contribution in [0.25, 0.3) is 0 Å². The van der Waals surface area contributed by atoms with Crippen LogP contribution in [0.15, 0.2) is 30.3 Å². The minimum atomic E-state index is -0.644. The zero-order valence-corrected chi connectivity index (χ0v) is 17.5. The van der Waals surface area contributed by atoms with E-state index in [9.17, 15) is 19.7 Å². The monoisotopic (exact) mass is 428 g/mol. The number of fused-ring (bicyclic) bond motifs is 1. The number of carbonyl (C=O) groups excluding carboxylic acids is 2. The van der Waals surface area contributed by atoms with E-state index in [4.69, 9.17) is 16.3 Å². The van der Waals surface area contributed by atoms with Crippen LogP contribution in [-0.4, -0.2) is 40.2 Å². The highest BCUT2D eigenvalue weighted by molar-refractivity contribution is 6.31. The van der Waals surface area contributed by atoms with Gasteiger partial charge < -0.3 is 9.64 Å². The molecule has 30 heavy (non-hydrogen) atoms. The lowest BCUT2D eigenvalue weighted by atomic mass is 9.81. The van der Waals surface area contributed by atoms with E-state index in [1.807, 2.05) is 26.0 Å². The standard InChI is InChI=1S/C22H21ClN2O5/c1-13-9-17-19(26)12-22(30-20(17)10-14(13)2)5-7-24(8-6-22)21(27)16-4-3-15(23)11-18(16)25(28)29/h3-4,9-11H,5-8,12H2,1-2H3. The lowest BCUT2D eigenvalue weighted by molar-refractivity contribution is -0.385. The van der Waals surface area contributed by atoms with Gasteiger partial charge in [0.05, 0.1) is 16.9 Å². The minimum Gasteiger partial charge on any atom is -0.486 e. The van der Waals surface area contributed by atoms with E-state index in [0.29, 0.717) is 37.2 Å². The first-order chi connectivity index (χ1) is 14.2. The lowest BCUT2D eigenvalue weighted by Crippen LogP contribution is -2.52. The van der Waals surface area contributed by atoms with Gasteiger partial charge in [-0.3, -0.25) is 19.7 Å². The molecule has 156 valence electrons. The number of nitrogens with zero attached hydrogens (tertiary/aromatic N) is 2. The molecular weight excluding hydrogens is 408 g/mol. The number of halogens is 1. The number of ketones is 1. The van der Waals surface area contributed by atoms with Crippen molar-refractivity contribution in [3.05, 3.63) is 67.7 Å². The molecule has 7 nitrogen and oxygen atoms in total. The maximum Gasteiger partial charge on any atom is 0.283 e. The van der Waals surface area contributed by atoms with E-state index in [1.54, 1.807) is 4.90 Å². The summed E-state index contributed by atoms with van der Waals surface area (Å²) in [6.45, 7) is 4.65. The predicted octanol–water partition coefficient (Wildman–Crippen LogP) is 4.51. The molecule has 1 spiro atoms. The third-order valence-corrected chi connectivity index (χ3v) is 6.29. The summed E-state index contributed by atoms with van der Waals surface area (Å²) < 4.78 is 6.29. The van der Waals surface area contributed by atoms with Gasteiger partial charge in [-0.05, 0) is 49.2 Å². The summed E-state index contributed by atoms with van der Waals surface area (Å²) in [5.74, 6) is 0.233. The molecule has 0 aromatic heterocycles. The molecule has 0 atom stereocenters. The topological polar surface area (TPSA) is 89.8 Å². The third kappa shape index (κ3) is 3.54. The Bertz CT molecular complexity index is 1070.